The molecule has 0 saturated carbocycles. The summed E-state index contributed by atoms with van der Waals surface area (Å²) in [5, 5.41) is 3.42. The van der Waals surface area contributed by atoms with Crippen molar-refractivity contribution in [3.05, 3.63) is 41.7 Å². The van der Waals surface area contributed by atoms with Gasteiger partial charge in [-0.25, -0.2) is 4.98 Å². The molecule has 0 radical (unpaired) electrons. The maximum atomic E-state index is 4.55. The van der Waals surface area contributed by atoms with Crippen LogP contribution in [0.25, 0.3) is 0 Å². The zero-order valence-electron chi connectivity index (χ0n) is 11.4. The number of unbranched alkanes of at least 4 members (excludes halogenated alkanes) is 1. The Labute approximate surface area is 109 Å². The largest absolute Gasteiger partial charge is 0.325 e. The van der Waals surface area contributed by atoms with E-state index in [9.17, 15) is 0 Å². The summed E-state index contributed by atoms with van der Waals surface area (Å²) in [4.78, 5) is 4.55. The summed E-state index contributed by atoms with van der Waals surface area (Å²) in [6, 6.07) is 8.29. The Morgan fingerprint density at radius 2 is 2.00 bits per heavy atom. The van der Waals surface area contributed by atoms with E-state index < -0.39 is 0 Å². The first-order chi connectivity index (χ1) is 8.70. The van der Waals surface area contributed by atoms with Crippen LogP contribution in [-0.2, 0) is 6.54 Å². The highest BCUT2D eigenvalue weighted by Crippen LogP contribution is 2.20. The highest BCUT2D eigenvalue weighted by Gasteiger charge is 2.06. The molecule has 1 aromatic heterocycles. The third-order valence-corrected chi connectivity index (χ3v) is 3.04. The van der Waals surface area contributed by atoms with Crippen molar-refractivity contribution in [3.63, 3.8) is 0 Å². The number of hydrogen-bond acceptors (Lipinski definition) is 2. The minimum Gasteiger partial charge on any atom is -0.325 e. The number of anilines is 2. The van der Waals surface area contributed by atoms with Crippen LogP contribution < -0.4 is 5.32 Å². The minimum atomic E-state index is 0.940. The topological polar surface area (TPSA) is 29.9 Å². The van der Waals surface area contributed by atoms with Crippen molar-refractivity contribution in [1.82, 2.24) is 9.55 Å². The Morgan fingerprint density at radius 3 is 2.72 bits per heavy atom. The lowest BCUT2D eigenvalue weighted by Crippen LogP contribution is -2.04. The number of nitrogens with zero attached hydrogens (tertiary/aromatic N) is 2. The lowest BCUT2D eigenvalue weighted by atomic mass is 10.2. The van der Waals surface area contributed by atoms with Crippen molar-refractivity contribution in [1.29, 1.82) is 0 Å². The molecule has 2 rings (SSSR count). The van der Waals surface area contributed by atoms with Crippen LogP contribution in [0.1, 0.15) is 31.0 Å². The number of para-hydroxylation sites is 1. The monoisotopic (exact) mass is 243 g/mol. The Morgan fingerprint density at radius 1 is 1.22 bits per heavy atom. The molecule has 0 fully saturated rings. The molecule has 2 aromatic rings. The molecule has 0 bridgehead atoms. The summed E-state index contributed by atoms with van der Waals surface area (Å²) >= 11 is 0. The molecule has 1 aromatic carbocycles. The van der Waals surface area contributed by atoms with Gasteiger partial charge in [0.15, 0.2) is 0 Å². The third kappa shape index (κ3) is 2.92. The lowest BCUT2D eigenvalue weighted by Gasteiger charge is -2.11. The van der Waals surface area contributed by atoms with E-state index in [1.165, 1.54) is 18.4 Å². The summed E-state index contributed by atoms with van der Waals surface area (Å²) in [7, 11) is 0. The summed E-state index contributed by atoms with van der Waals surface area (Å²) in [6.45, 7) is 7.36. The van der Waals surface area contributed by atoms with Gasteiger partial charge >= 0.3 is 0 Å². The van der Waals surface area contributed by atoms with Crippen LogP contribution in [0.3, 0.4) is 0 Å². The highest BCUT2D eigenvalue weighted by molar-refractivity contribution is 5.58. The second kappa shape index (κ2) is 5.71. The number of benzene rings is 1. The van der Waals surface area contributed by atoms with Crippen LogP contribution in [0.2, 0.25) is 0 Å². The number of hydrogen-bond donors (Lipinski definition) is 1. The fraction of sp³-hybridized carbons (Fsp3) is 0.400. The molecule has 0 atom stereocenters. The average molecular weight is 243 g/mol. The SMILES string of the molecule is CCCCn1cc(C)nc1Nc1ccccc1C. The van der Waals surface area contributed by atoms with E-state index in [0.29, 0.717) is 0 Å². The maximum absolute atomic E-state index is 4.55. The predicted octanol–water partition coefficient (Wildman–Crippen LogP) is 4.04. The molecule has 96 valence electrons. The van der Waals surface area contributed by atoms with Crippen LogP contribution >= 0.6 is 0 Å². The van der Waals surface area contributed by atoms with Gasteiger partial charge in [0.05, 0.1) is 5.69 Å². The van der Waals surface area contributed by atoms with Crippen LogP contribution in [-0.4, -0.2) is 9.55 Å². The third-order valence-electron chi connectivity index (χ3n) is 3.04. The van der Waals surface area contributed by atoms with Crippen LogP contribution in [0, 0.1) is 13.8 Å². The van der Waals surface area contributed by atoms with E-state index >= 15 is 0 Å². The second-order valence-electron chi connectivity index (χ2n) is 4.69. The number of nitrogens with one attached hydrogen (secondary N) is 1. The standard InChI is InChI=1S/C15H21N3/c1-4-5-10-18-11-13(3)16-15(18)17-14-9-7-6-8-12(14)2/h6-9,11H,4-5,10H2,1-3H3,(H,16,17). The van der Waals surface area contributed by atoms with E-state index in [0.717, 1.165) is 23.9 Å². The van der Waals surface area contributed by atoms with Gasteiger partial charge in [-0.05, 0) is 31.9 Å². The fourth-order valence-corrected chi connectivity index (χ4v) is 1.98. The molecule has 0 aliphatic heterocycles. The molecule has 0 saturated heterocycles. The number of aromatic nitrogens is 2. The smallest absolute Gasteiger partial charge is 0.207 e. The molecule has 18 heavy (non-hydrogen) atoms. The average Bonchev–Trinajstić information content (AvgIpc) is 2.70. The molecular weight excluding hydrogens is 222 g/mol. The van der Waals surface area contributed by atoms with Gasteiger partial charge in [-0.15, -0.1) is 0 Å². The van der Waals surface area contributed by atoms with Crippen molar-refractivity contribution in [3.8, 4) is 0 Å². The molecule has 3 nitrogen and oxygen atoms in total. The molecule has 0 unspecified atom stereocenters. The fourth-order valence-electron chi connectivity index (χ4n) is 1.98. The summed E-state index contributed by atoms with van der Waals surface area (Å²) in [6.07, 6.45) is 4.48. The molecule has 1 N–H and O–H groups in total. The van der Waals surface area contributed by atoms with Gasteiger partial charge in [-0.3, -0.25) is 0 Å². The quantitative estimate of drug-likeness (QED) is 0.858. The van der Waals surface area contributed by atoms with Crippen LogP contribution in [0.4, 0.5) is 11.6 Å². The van der Waals surface area contributed by atoms with Gasteiger partial charge in [0.1, 0.15) is 0 Å². The zero-order chi connectivity index (χ0) is 13.0. The highest BCUT2D eigenvalue weighted by atomic mass is 15.2. The van der Waals surface area contributed by atoms with E-state index in [2.05, 4.69) is 53.1 Å². The van der Waals surface area contributed by atoms with Gasteiger partial charge in [0, 0.05) is 18.4 Å². The van der Waals surface area contributed by atoms with E-state index in [1.807, 2.05) is 13.0 Å². The molecule has 0 spiro atoms. The van der Waals surface area contributed by atoms with Crippen molar-refractivity contribution in [2.75, 3.05) is 5.32 Å². The lowest BCUT2D eigenvalue weighted by molar-refractivity contribution is 0.637. The second-order valence-corrected chi connectivity index (χ2v) is 4.69. The molecule has 0 aliphatic carbocycles. The Kier molecular flexibility index (Phi) is 4.03. The predicted molar refractivity (Wildman–Crippen MR) is 76.3 cm³/mol. The van der Waals surface area contributed by atoms with Gasteiger partial charge in [-0.1, -0.05) is 31.5 Å². The van der Waals surface area contributed by atoms with Gasteiger partial charge < -0.3 is 9.88 Å². The number of imidazole rings is 1. The first-order valence-corrected chi connectivity index (χ1v) is 6.57. The van der Waals surface area contributed by atoms with E-state index in [4.69, 9.17) is 0 Å². The molecule has 1 heterocycles. The van der Waals surface area contributed by atoms with Crippen LogP contribution in [0.15, 0.2) is 30.5 Å². The zero-order valence-corrected chi connectivity index (χ0v) is 11.4. The Balaban J connectivity index is 2.20. The Hall–Kier alpha value is -1.77. The molecule has 3 heteroatoms. The number of aryl methyl sites for hydroxylation is 3. The van der Waals surface area contributed by atoms with E-state index in [1.54, 1.807) is 0 Å². The summed E-state index contributed by atoms with van der Waals surface area (Å²) in [5.41, 5.74) is 3.42. The summed E-state index contributed by atoms with van der Waals surface area (Å²) in [5.74, 6) is 0.940. The van der Waals surface area contributed by atoms with Gasteiger partial charge in [-0.2, -0.15) is 0 Å². The first kappa shape index (κ1) is 12.7. The van der Waals surface area contributed by atoms with Crippen LogP contribution in [0.5, 0.6) is 0 Å². The Bertz CT molecular complexity index is 514. The maximum Gasteiger partial charge on any atom is 0.207 e. The molecular formula is C15H21N3. The van der Waals surface area contributed by atoms with Crippen molar-refractivity contribution in [2.24, 2.45) is 0 Å². The van der Waals surface area contributed by atoms with Gasteiger partial charge in [0.25, 0.3) is 0 Å². The van der Waals surface area contributed by atoms with Crippen molar-refractivity contribution in [2.45, 2.75) is 40.2 Å². The minimum absolute atomic E-state index is 0.940. The molecule has 0 aliphatic rings. The first-order valence-electron chi connectivity index (χ1n) is 6.57. The number of rotatable bonds is 5. The van der Waals surface area contributed by atoms with Crippen molar-refractivity contribution < 1.29 is 0 Å². The van der Waals surface area contributed by atoms with E-state index in [-0.39, 0.29) is 0 Å². The summed E-state index contributed by atoms with van der Waals surface area (Å²) < 4.78 is 2.20. The van der Waals surface area contributed by atoms with Gasteiger partial charge in [0.2, 0.25) is 5.95 Å². The molecule has 0 amide bonds. The normalized spacial score (nSPS) is 10.6. The van der Waals surface area contributed by atoms with Crippen molar-refractivity contribution >= 4 is 11.6 Å².